The molecule has 0 radical (unpaired) electrons. The van der Waals surface area contributed by atoms with E-state index in [2.05, 4.69) is 22.2 Å². The number of hydrogen-bond acceptors (Lipinski definition) is 5. The maximum atomic E-state index is 10.8. The number of carboxylic acid groups (broad SMARTS) is 1. The Balaban J connectivity index is 1.98. The Morgan fingerprint density at radius 1 is 1.53 bits per heavy atom. The molecule has 0 amide bonds. The highest BCUT2D eigenvalue weighted by atomic mass is 32.1. The normalized spacial score (nSPS) is 12.1. The van der Waals surface area contributed by atoms with Crippen LogP contribution in [0.25, 0.3) is 0 Å². The molecule has 0 saturated heterocycles. The largest absolute Gasteiger partial charge is 0.477 e. The maximum Gasteiger partial charge on any atom is 0.354 e. The molecule has 0 fully saturated rings. The van der Waals surface area contributed by atoms with E-state index in [1.807, 2.05) is 13.1 Å². The Morgan fingerprint density at radius 3 is 2.95 bits per heavy atom. The minimum Gasteiger partial charge on any atom is -0.477 e. The fraction of sp³-hybridized carbons (Fsp3) is 0.308. The molecule has 0 aliphatic heterocycles. The van der Waals surface area contributed by atoms with Crippen molar-refractivity contribution in [2.24, 2.45) is 0 Å². The van der Waals surface area contributed by atoms with Crippen LogP contribution >= 0.6 is 11.3 Å². The molecular formula is C13H15N3O2S. The highest BCUT2D eigenvalue weighted by Crippen LogP contribution is 2.21. The molecule has 100 valence electrons. The molecule has 2 heterocycles. The number of aryl methyl sites for hydroxylation is 1. The number of nitrogens with zero attached hydrogens (tertiary/aromatic N) is 2. The Morgan fingerprint density at radius 2 is 2.32 bits per heavy atom. The lowest BCUT2D eigenvalue weighted by Crippen LogP contribution is -2.12. The van der Waals surface area contributed by atoms with Gasteiger partial charge in [0.2, 0.25) is 0 Å². The Hall–Kier alpha value is -1.95. The zero-order chi connectivity index (χ0) is 13.8. The van der Waals surface area contributed by atoms with Crippen LogP contribution in [-0.4, -0.2) is 27.6 Å². The van der Waals surface area contributed by atoms with Crippen molar-refractivity contribution in [3.63, 3.8) is 0 Å². The van der Waals surface area contributed by atoms with Crippen molar-refractivity contribution >= 4 is 23.1 Å². The van der Waals surface area contributed by atoms with E-state index < -0.39 is 5.97 Å². The first-order valence-corrected chi connectivity index (χ1v) is 6.74. The molecule has 6 heteroatoms. The molecule has 2 N–H and O–H groups in total. The molecule has 0 spiro atoms. The molecule has 5 nitrogen and oxygen atoms in total. The number of pyridine rings is 1. The quantitative estimate of drug-likeness (QED) is 0.879. The molecule has 2 aromatic rings. The van der Waals surface area contributed by atoms with Gasteiger partial charge in [-0.2, -0.15) is 0 Å². The number of anilines is 1. The predicted octanol–water partition coefficient (Wildman–Crippen LogP) is 2.76. The summed E-state index contributed by atoms with van der Waals surface area (Å²) in [6.07, 6.45) is 1.86. The van der Waals surface area contributed by atoms with Crippen molar-refractivity contribution < 1.29 is 9.90 Å². The first-order valence-electron chi connectivity index (χ1n) is 5.93. The second kappa shape index (κ2) is 5.79. The maximum absolute atomic E-state index is 10.8. The average Bonchev–Trinajstić information content (AvgIpc) is 2.83. The van der Waals surface area contributed by atoms with Crippen molar-refractivity contribution in [1.82, 2.24) is 9.97 Å². The molecule has 0 aromatic carbocycles. The summed E-state index contributed by atoms with van der Waals surface area (Å²) in [6.45, 7) is 4.77. The Bertz CT molecular complexity index is 583. The van der Waals surface area contributed by atoms with Gasteiger partial charge in [0.25, 0.3) is 0 Å². The number of carboxylic acids is 1. The fourth-order valence-electron chi connectivity index (χ4n) is 1.60. The van der Waals surface area contributed by atoms with Crippen molar-refractivity contribution in [2.75, 3.05) is 11.9 Å². The van der Waals surface area contributed by atoms with Gasteiger partial charge >= 0.3 is 5.97 Å². The highest BCUT2D eigenvalue weighted by molar-refractivity contribution is 7.11. The first-order chi connectivity index (χ1) is 9.06. The van der Waals surface area contributed by atoms with Gasteiger partial charge in [0.05, 0.1) is 5.01 Å². The van der Waals surface area contributed by atoms with Gasteiger partial charge in [-0.25, -0.2) is 14.8 Å². The summed E-state index contributed by atoms with van der Waals surface area (Å²) in [5.41, 5.74) is 0.0442. The van der Waals surface area contributed by atoms with Crippen LogP contribution in [-0.2, 0) is 0 Å². The van der Waals surface area contributed by atoms with Crippen LogP contribution in [0.1, 0.15) is 33.2 Å². The SMILES string of the molecule is Cc1cnc(C(C)CNc2cccc(C(=O)O)n2)s1. The zero-order valence-corrected chi connectivity index (χ0v) is 11.6. The molecule has 0 aliphatic carbocycles. The average molecular weight is 277 g/mol. The summed E-state index contributed by atoms with van der Waals surface area (Å²) in [5, 5.41) is 13.1. The van der Waals surface area contributed by atoms with E-state index in [0.29, 0.717) is 12.4 Å². The smallest absolute Gasteiger partial charge is 0.354 e. The topological polar surface area (TPSA) is 75.1 Å². The molecular weight excluding hydrogens is 262 g/mol. The minimum atomic E-state index is -1.02. The zero-order valence-electron chi connectivity index (χ0n) is 10.8. The number of aromatic carboxylic acids is 1. The highest BCUT2D eigenvalue weighted by Gasteiger charge is 2.10. The number of hydrogen-bond donors (Lipinski definition) is 2. The third kappa shape index (κ3) is 3.51. The molecule has 0 saturated carbocycles. The van der Waals surface area contributed by atoms with Gasteiger partial charge in [-0.15, -0.1) is 11.3 Å². The summed E-state index contributed by atoms with van der Waals surface area (Å²) >= 11 is 1.67. The van der Waals surface area contributed by atoms with Gasteiger partial charge in [-0.3, -0.25) is 0 Å². The molecule has 19 heavy (non-hydrogen) atoms. The molecule has 2 aromatic heterocycles. The molecule has 1 unspecified atom stereocenters. The van der Waals surface area contributed by atoms with E-state index >= 15 is 0 Å². The van der Waals surface area contributed by atoms with Crippen LogP contribution in [0.15, 0.2) is 24.4 Å². The standard InChI is InChI=1S/C13H15N3O2S/c1-8(12-15-7-9(2)19-12)6-14-11-5-3-4-10(16-11)13(17)18/h3-5,7-8H,6H2,1-2H3,(H,14,16)(H,17,18). The van der Waals surface area contributed by atoms with Gasteiger partial charge in [0.1, 0.15) is 5.82 Å². The van der Waals surface area contributed by atoms with Gasteiger partial charge in [0, 0.05) is 23.5 Å². The van der Waals surface area contributed by atoms with Crippen molar-refractivity contribution in [2.45, 2.75) is 19.8 Å². The summed E-state index contributed by atoms with van der Waals surface area (Å²) < 4.78 is 0. The Kier molecular flexibility index (Phi) is 4.11. The third-order valence-electron chi connectivity index (χ3n) is 2.62. The van der Waals surface area contributed by atoms with E-state index in [9.17, 15) is 4.79 Å². The molecule has 0 aliphatic rings. The number of thiazole rings is 1. The lowest BCUT2D eigenvalue weighted by molar-refractivity contribution is 0.0690. The van der Waals surface area contributed by atoms with Crippen molar-refractivity contribution in [3.05, 3.63) is 40.0 Å². The second-order valence-corrected chi connectivity index (χ2v) is 5.57. The number of aromatic nitrogens is 2. The molecule has 2 rings (SSSR count). The van der Waals surface area contributed by atoms with E-state index in [4.69, 9.17) is 5.11 Å². The lowest BCUT2D eigenvalue weighted by Gasteiger charge is -2.10. The van der Waals surface area contributed by atoms with Crippen LogP contribution in [0.5, 0.6) is 0 Å². The number of nitrogens with one attached hydrogen (secondary N) is 1. The van der Waals surface area contributed by atoms with Crippen LogP contribution in [0.2, 0.25) is 0 Å². The number of carbonyl (C=O) groups is 1. The minimum absolute atomic E-state index is 0.0442. The van der Waals surface area contributed by atoms with E-state index in [1.165, 1.54) is 10.9 Å². The van der Waals surface area contributed by atoms with Gasteiger partial charge in [-0.1, -0.05) is 13.0 Å². The molecule has 0 bridgehead atoms. The summed E-state index contributed by atoms with van der Waals surface area (Å²) in [4.78, 5) is 20.4. The summed E-state index contributed by atoms with van der Waals surface area (Å²) in [5.74, 6) is -0.193. The Labute approximate surface area is 115 Å². The van der Waals surface area contributed by atoms with Crippen molar-refractivity contribution in [3.8, 4) is 0 Å². The monoisotopic (exact) mass is 277 g/mol. The van der Waals surface area contributed by atoms with E-state index in [0.717, 1.165) is 5.01 Å². The predicted molar refractivity (Wildman–Crippen MR) is 75.0 cm³/mol. The van der Waals surface area contributed by atoms with Crippen LogP contribution < -0.4 is 5.32 Å². The van der Waals surface area contributed by atoms with E-state index in [-0.39, 0.29) is 11.6 Å². The third-order valence-corrected chi connectivity index (χ3v) is 3.76. The lowest BCUT2D eigenvalue weighted by atomic mass is 10.2. The van der Waals surface area contributed by atoms with Gasteiger partial charge in [-0.05, 0) is 19.1 Å². The second-order valence-electron chi connectivity index (χ2n) is 4.30. The van der Waals surface area contributed by atoms with Gasteiger partial charge < -0.3 is 10.4 Å². The van der Waals surface area contributed by atoms with Crippen LogP contribution in [0.3, 0.4) is 0 Å². The van der Waals surface area contributed by atoms with Gasteiger partial charge in [0.15, 0.2) is 5.69 Å². The number of rotatable bonds is 5. The van der Waals surface area contributed by atoms with E-state index in [1.54, 1.807) is 23.5 Å². The first kappa shape index (κ1) is 13.5. The molecule has 1 atom stereocenters. The van der Waals surface area contributed by atoms with Crippen LogP contribution in [0.4, 0.5) is 5.82 Å². The van der Waals surface area contributed by atoms with Crippen molar-refractivity contribution in [1.29, 1.82) is 0 Å². The van der Waals surface area contributed by atoms with Crippen LogP contribution in [0, 0.1) is 6.92 Å². The summed E-state index contributed by atoms with van der Waals surface area (Å²) in [6, 6.07) is 4.91. The summed E-state index contributed by atoms with van der Waals surface area (Å²) in [7, 11) is 0. The fourth-order valence-corrected chi connectivity index (χ4v) is 2.42.